The Bertz CT molecular complexity index is 1050. The zero-order chi connectivity index (χ0) is 20.4. The molecule has 0 bridgehead atoms. The summed E-state index contributed by atoms with van der Waals surface area (Å²) in [6.07, 6.45) is 1.96. The van der Waals surface area contributed by atoms with Gasteiger partial charge in [-0.05, 0) is 54.8 Å². The van der Waals surface area contributed by atoms with Crippen LogP contribution < -0.4 is 15.5 Å². The fourth-order valence-corrected chi connectivity index (χ4v) is 3.59. The van der Waals surface area contributed by atoms with Crippen molar-refractivity contribution >= 4 is 28.5 Å². The van der Waals surface area contributed by atoms with Crippen LogP contribution in [0, 0.1) is 13.8 Å². The molecule has 1 aliphatic heterocycles. The van der Waals surface area contributed by atoms with Crippen LogP contribution in [0.25, 0.3) is 11.0 Å². The lowest BCUT2D eigenvalue weighted by atomic mass is 10.0. The second kappa shape index (κ2) is 7.99. The molecule has 2 aromatic carbocycles. The number of furan rings is 1. The Morgan fingerprint density at radius 2 is 1.93 bits per heavy atom. The number of rotatable bonds is 5. The van der Waals surface area contributed by atoms with Crippen molar-refractivity contribution in [2.45, 2.75) is 26.8 Å². The number of anilines is 1. The molecule has 2 N–H and O–H groups in total. The summed E-state index contributed by atoms with van der Waals surface area (Å²) in [5.41, 5.74) is 6.12. The van der Waals surface area contributed by atoms with E-state index in [9.17, 15) is 9.59 Å². The van der Waals surface area contributed by atoms with Crippen molar-refractivity contribution in [3.8, 4) is 0 Å². The lowest BCUT2D eigenvalue weighted by Crippen LogP contribution is -2.47. The van der Waals surface area contributed by atoms with E-state index >= 15 is 0 Å². The number of aryl methyl sites for hydroxylation is 2. The third kappa shape index (κ3) is 4.26. The average Bonchev–Trinajstić information content (AvgIpc) is 3.08. The molecular weight excluding hydrogens is 366 g/mol. The van der Waals surface area contributed by atoms with Gasteiger partial charge in [-0.15, -0.1) is 0 Å². The molecule has 6 nitrogen and oxygen atoms in total. The van der Waals surface area contributed by atoms with Crippen molar-refractivity contribution in [2.24, 2.45) is 0 Å². The monoisotopic (exact) mass is 391 g/mol. The number of hydrogen-bond donors (Lipinski definition) is 2. The lowest BCUT2D eigenvalue weighted by Gasteiger charge is -2.28. The zero-order valence-corrected chi connectivity index (χ0v) is 16.7. The van der Waals surface area contributed by atoms with Crippen LogP contribution in [-0.2, 0) is 22.6 Å². The van der Waals surface area contributed by atoms with Crippen molar-refractivity contribution < 1.29 is 14.0 Å². The maximum atomic E-state index is 12.4. The topological polar surface area (TPSA) is 74.6 Å². The molecule has 1 aromatic heterocycles. The standard InChI is InChI=1S/C23H25N3O3/c1-15-9-20-18(14-29-21(20)10-16(15)2)11-22(27)25-12-17-3-5-19(6-4-17)26-8-7-24-23(28)13-26/h3-6,9-10,14H,7-8,11-13H2,1-2H3,(H,24,28)(H,25,27). The SMILES string of the molecule is Cc1cc2occ(CC(=O)NCc3ccc(N4CCNC(=O)C4)cc3)c2cc1C. The number of nitrogens with one attached hydrogen (secondary N) is 2. The normalized spacial score (nSPS) is 14.1. The van der Waals surface area contributed by atoms with Gasteiger partial charge in [-0.25, -0.2) is 0 Å². The molecule has 0 unspecified atom stereocenters. The maximum Gasteiger partial charge on any atom is 0.239 e. The number of nitrogens with zero attached hydrogens (tertiary/aromatic N) is 1. The van der Waals surface area contributed by atoms with E-state index in [1.54, 1.807) is 6.26 Å². The van der Waals surface area contributed by atoms with Crippen LogP contribution in [0.5, 0.6) is 0 Å². The van der Waals surface area contributed by atoms with Crippen molar-refractivity contribution in [1.82, 2.24) is 10.6 Å². The van der Waals surface area contributed by atoms with Gasteiger partial charge in [0.25, 0.3) is 0 Å². The van der Waals surface area contributed by atoms with E-state index in [4.69, 9.17) is 4.42 Å². The zero-order valence-electron chi connectivity index (χ0n) is 16.7. The molecule has 0 atom stereocenters. The Morgan fingerprint density at radius 3 is 2.69 bits per heavy atom. The van der Waals surface area contributed by atoms with Crippen molar-refractivity contribution in [3.63, 3.8) is 0 Å². The summed E-state index contributed by atoms with van der Waals surface area (Å²) in [6, 6.07) is 12.1. The Morgan fingerprint density at radius 1 is 1.17 bits per heavy atom. The number of carbonyl (C=O) groups excluding carboxylic acids is 2. The molecule has 1 fully saturated rings. The third-order valence-electron chi connectivity index (χ3n) is 5.45. The molecule has 6 heteroatoms. The van der Waals surface area contributed by atoms with Crippen molar-refractivity contribution in [1.29, 1.82) is 0 Å². The first kappa shape index (κ1) is 19.1. The van der Waals surface area contributed by atoms with Gasteiger partial charge in [-0.1, -0.05) is 12.1 Å². The first-order valence-corrected chi connectivity index (χ1v) is 9.84. The summed E-state index contributed by atoms with van der Waals surface area (Å²) >= 11 is 0. The summed E-state index contributed by atoms with van der Waals surface area (Å²) in [4.78, 5) is 26.0. The molecule has 0 radical (unpaired) electrons. The molecule has 3 aromatic rings. The number of piperazine rings is 1. The fourth-order valence-electron chi connectivity index (χ4n) is 3.59. The first-order valence-electron chi connectivity index (χ1n) is 9.84. The predicted octanol–water partition coefficient (Wildman–Crippen LogP) is 2.84. The van der Waals surface area contributed by atoms with Gasteiger partial charge in [0.15, 0.2) is 0 Å². The molecule has 4 rings (SSSR count). The van der Waals surface area contributed by atoms with E-state index in [1.165, 1.54) is 11.1 Å². The molecule has 1 saturated heterocycles. The molecule has 2 amide bonds. The Labute approximate surface area is 169 Å². The molecule has 150 valence electrons. The van der Waals surface area contributed by atoms with Crippen molar-refractivity contribution in [2.75, 3.05) is 24.5 Å². The molecule has 0 saturated carbocycles. The predicted molar refractivity (Wildman–Crippen MR) is 113 cm³/mol. The Kier molecular flexibility index (Phi) is 5.25. The van der Waals surface area contributed by atoms with Crippen LogP contribution in [0.15, 0.2) is 47.1 Å². The van der Waals surface area contributed by atoms with Gasteiger partial charge in [0, 0.05) is 36.3 Å². The van der Waals surface area contributed by atoms with Gasteiger partial charge in [0.05, 0.1) is 19.2 Å². The van der Waals surface area contributed by atoms with Gasteiger partial charge in [0.2, 0.25) is 11.8 Å². The molecular formula is C23H25N3O3. The number of carbonyl (C=O) groups is 2. The Balaban J connectivity index is 1.35. The van der Waals surface area contributed by atoms with E-state index in [-0.39, 0.29) is 18.2 Å². The van der Waals surface area contributed by atoms with E-state index < -0.39 is 0 Å². The second-order valence-corrected chi connectivity index (χ2v) is 7.59. The summed E-state index contributed by atoms with van der Waals surface area (Å²) in [7, 11) is 0. The van der Waals surface area contributed by atoms with E-state index in [0.29, 0.717) is 19.6 Å². The largest absolute Gasteiger partial charge is 0.464 e. The number of amides is 2. The fraction of sp³-hybridized carbons (Fsp3) is 0.304. The molecule has 0 spiro atoms. The van der Waals surface area contributed by atoms with Crippen molar-refractivity contribution in [3.05, 3.63) is 64.9 Å². The van der Waals surface area contributed by atoms with E-state index in [1.807, 2.05) is 30.3 Å². The van der Waals surface area contributed by atoms with Crippen LogP contribution >= 0.6 is 0 Å². The van der Waals surface area contributed by atoms with Gasteiger partial charge < -0.3 is 20.0 Å². The van der Waals surface area contributed by atoms with Gasteiger partial charge in [-0.2, -0.15) is 0 Å². The molecule has 29 heavy (non-hydrogen) atoms. The highest BCUT2D eigenvalue weighted by Gasteiger charge is 2.16. The highest BCUT2D eigenvalue weighted by Crippen LogP contribution is 2.25. The van der Waals surface area contributed by atoms with Crippen LogP contribution in [0.4, 0.5) is 5.69 Å². The number of benzene rings is 2. The molecule has 2 heterocycles. The number of fused-ring (bicyclic) bond motifs is 1. The van der Waals surface area contributed by atoms with Gasteiger partial charge in [0.1, 0.15) is 5.58 Å². The van der Waals surface area contributed by atoms with Crippen LogP contribution in [0.2, 0.25) is 0 Å². The average molecular weight is 391 g/mol. The smallest absolute Gasteiger partial charge is 0.239 e. The molecule has 0 aliphatic carbocycles. The van der Waals surface area contributed by atoms with E-state index in [2.05, 4.69) is 35.4 Å². The highest BCUT2D eigenvalue weighted by atomic mass is 16.3. The van der Waals surface area contributed by atoms with Crippen LogP contribution in [-0.4, -0.2) is 31.4 Å². The lowest BCUT2D eigenvalue weighted by molar-refractivity contribution is -0.121. The maximum absolute atomic E-state index is 12.4. The minimum Gasteiger partial charge on any atom is -0.464 e. The summed E-state index contributed by atoms with van der Waals surface area (Å²) < 4.78 is 5.61. The summed E-state index contributed by atoms with van der Waals surface area (Å²) in [5.74, 6) is 0.00687. The number of hydrogen-bond acceptors (Lipinski definition) is 4. The summed E-state index contributed by atoms with van der Waals surface area (Å²) in [5, 5.41) is 6.80. The highest BCUT2D eigenvalue weighted by molar-refractivity contribution is 5.88. The van der Waals surface area contributed by atoms with Gasteiger partial charge >= 0.3 is 0 Å². The Hall–Kier alpha value is -3.28. The third-order valence-corrected chi connectivity index (χ3v) is 5.45. The van der Waals surface area contributed by atoms with Gasteiger partial charge in [-0.3, -0.25) is 9.59 Å². The molecule has 1 aliphatic rings. The summed E-state index contributed by atoms with van der Waals surface area (Å²) in [6.45, 7) is 6.43. The second-order valence-electron chi connectivity index (χ2n) is 7.59. The minimum absolute atomic E-state index is 0.0392. The van der Waals surface area contributed by atoms with Crippen LogP contribution in [0.3, 0.4) is 0 Å². The van der Waals surface area contributed by atoms with Crippen LogP contribution in [0.1, 0.15) is 22.3 Å². The first-order chi connectivity index (χ1) is 14.0. The van der Waals surface area contributed by atoms with E-state index in [0.717, 1.165) is 34.3 Å². The quantitative estimate of drug-likeness (QED) is 0.701. The minimum atomic E-state index is -0.0392.